The second-order valence-electron chi connectivity index (χ2n) is 6.81. The first kappa shape index (κ1) is 19.9. The Hall–Kier alpha value is -3.37. The first-order chi connectivity index (χ1) is 14.7. The lowest BCUT2D eigenvalue weighted by Gasteiger charge is -2.12. The van der Waals surface area contributed by atoms with Gasteiger partial charge in [0.05, 0.1) is 17.8 Å². The maximum Gasteiger partial charge on any atom is 0.251 e. The summed E-state index contributed by atoms with van der Waals surface area (Å²) < 4.78 is 5.87. The Kier molecular flexibility index (Phi) is 5.96. The highest BCUT2D eigenvalue weighted by atomic mass is 35.5. The number of pyridine rings is 1. The van der Waals surface area contributed by atoms with E-state index in [0.717, 1.165) is 27.7 Å². The van der Waals surface area contributed by atoms with E-state index in [1.54, 1.807) is 6.07 Å². The molecule has 150 valence electrons. The molecule has 0 atom stereocenters. The highest BCUT2D eigenvalue weighted by Gasteiger charge is 2.13. The zero-order valence-corrected chi connectivity index (χ0v) is 17.3. The number of nitrogens with zero attached hydrogens (tertiary/aromatic N) is 1. The summed E-state index contributed by atoms with van der Waals surface area (Å²) in [4.78, 5) is 17.5. The van der Waals surface area contributed by atoms with Crippen LogP contribution in [0.5, 0.6) is 5.75 Å². The molecule has 1 aromatic heterocycles. The van der Waals surface area contributed by atoms with Crippen molar-refractivity contribution in [3.63, 3.8) is 0 Å². The molecule has 0 aliphatic carbocycles. The van der Waals surface area contributed by atoms with Gasteiger partial charge in [-0.3, -0.25) is 4.79 Å². The van der Waals surface area contributed by atoms with E-state index in [0.29, 0.717) is 29.5 Å². The average Bonchev–Trinajstić information content (AvgIpc) is 2.79. The maximum absolute atomic E-state index is 12.7. The quantitative estimate of drug-likeness (QED) is 0.426. The van der Waals surface area contributed by atoms with Gasteiger partial charge in [0.1, 0.15) is 5.75 Å². The predicted molar refractivity (Wildman–Crippen MR) is 121 cm³/mol. The van der Waals surface area contributed by atoms with E-state index in [2.05, 4.69) is 5.32 Å². The van der Waals surface area contributed by atoms with Gasteiger partial charge in [-0.1, -0.05) is 60.1 Å². The van der Waals surface area contributed by atoms with Gasteiger partial charge in [-0.25, -0.2) is 4.98 Å². The van der Waals surface area contributed by atoms with Gasteiger partial charge in [0.15, 0.2) is 0 Å². The molecule has 4 nitrogen and oxygen atoms in total. The Balaban J connectivity index is 1.65. The molecule has 4 aromatic rings. The molecule has 0 spiro atoms. The van der Waals surface area contributed by atoms with Crippen molar-refractivity contribution in [3.8, 4) is 17.0 Å². The van der Waals surface area contributed by atoms with Crippen LogP contribution in [0.25, 0.3) is 22.2 Å². The Labute approximate surface area is 180 Å². The van der Waals surface area contributed by atoms with Crippen LogP contribution in [0.3, 0.4) is 0 Å². The van der Waals surface area contributed by atoms with Crippen LogP contribution in [0.4, 0.5) is 0 Å². The van der Waals surface area contributed by atoms with Gasteiger partial charge in [-0.05, 0) is 36.8 Å². The Morgan fingerprint density at radius 1 is 1.00 bits per heavy atom. The van der Waals surface area contributed by atoms with E-state index >= 15 is 0 Å². The highest BCUT2D eigenvalue weighted by molar-refractivity contribution is 6.31. The summed E-state index contributed by atoms with van der Waals surface area (Å²) in [5, 5.41) is 4.36. The summed E-state index contributed by atoms with van der Waals surface area (Å²) in [6, 6.07) is 24.8. The van der Waals surface area contributed by atoms with Gasteiger partial charge in [-0.2, -0.15) is 0 Å². The van der Waals surface area contributed by atoms with Crippen LogP contribution in [-0.4, -0.2) is 17.5 Å². The van der Waals surface area contributed by atoms with Crippen molar-refractivity contribution in [1.82, 2.24) is 10.3 Å². The third-order valence-corrected chi connectivity index (χ3v) is 5.17. The summed E-state index contributed by atoms with van der Waals surface area (Å²) in [6.45, 7) is 2.82. The predicted octanol–water partition coefficient (Wildman–Crippen LogP) is 5.88. The number of rotatable bonds is 6. The maximum atomic E-state index is 12.7. The average molecular weight is 417 g/mol. The van der Waals surface area contributed by atoms with Crippen molar-refractivity contribution < 1.29 is 9.53 Å². The number of hydrogen-bond donors (Lipinski definition) is 1. The fourth-order valence-corrected chi connectivity index (χ4v) is 3.49. The highest BCUT2D eigenvalue weighted by Crippen LogP contribution is 2.31. The lowest BCUT2D eigenvalue weighted by Crippen LogP contribution is -2.22. The minimum Gasteiger partial charge on any atom is -0.493 e. The van der Waals surface area contributed by atoms with Crippen molar-refractivity contribution in [2.24, 2.45) is 0 Å². The van der Waals surface area contributed by atoms with Gasteiger partial charge in [0.25, 0.3) is 5.91 Å². The molecule has 4 rings (SSSR count). The number of benzene rings is 3. The van der Waals surface area contributed by atoms with Crippen LogP contribution in [0, 0.1) is 0 Å². The Bertz CT molecular complexity index is 1190. The number of hydrogen-bond acceptors (Lipinski definition) is 3. The molecule has 3 aromatic carbocycles. The lowest BCUT2D eigenvalue weighted by molar-refractivity contribution is 0.0951. The lowest BCUT2D eigenvalue weighted by atomic mass is 10.1. The van der Waals surface area contributed by atoms with E-state index in [-0.39, 0.29) is 5.91 Å². The van der Waals surface area contributed by atoms with E-state index < -0.39 is 0 Å². The molecule has 0 radical (unpaired) electrons. The molecule has 0 fully saturated rings. The van der Waals surface area contributed by atoms with Crippen LogP contribution in [-0.2, 0) is 6.54 Å². The van der Waals surface area contributed by atoms with Crippen LogP contribution < -0.4 is 10.1 Å². The molecule has 0 aliphatic rings. The van der Waals surface area contributed by atoms with Crippen molar-refractivity contribution in [1.29, 1.82) is 0 Å². The van der Waals surface area contributed by atoms with Crippen LogP contribution in [0.1, 0.15) is 22.8 Å². The summed E-state index contributed by atoms with van der Waals surface area (Å²) >= 11 is 6.18. The third kappa shape index (κ3) is 4.29. The normalized spacial score (nSPS) is 10.7. The van der Waals surface area contributed by atoms with Gasteiger partial charge < -0.3 is 10.1 Å². The van der Waals surface area contributed by atoms with E-state index in [1.807, 2.05) is 79.7 Å². The monoisotopic (exact) mass is 416 g/mol. The van der Waals surface area contributed by atoms with Crippen LogP contribution in [0.15, 0.2) is 78.9 Å². The molecule has 1 N–H and O–H groups in total. The standard InChI is InChI=1S/C25H21ClN2O2/c1-2-30-24-15-23(17-8-4-3-5-9-17)28-22-13-12-18(14-20(22)24)25(29)27-16-19-10-6-7-11-21(19)26/h3-15H,2,16H2,1H3,(H,27,29). The number of amides is 1. The van der Waals surface area contributed by atoms with Gasteiger partial charge >= 0.3 is 0 Å². The van der Waals surface area contributed by atoms with Crippen molar-refractivity contribution in [2.75, 3.05) is 6.61 Å². The zero-order valence-electron chi connectivity index (χ0n) is 16.6. The van der Waals surface area contributed by atoms with E-state index in [1.165, 1.54) is 0 Å². The molecule has 0 bridgehead atoms. The number of carbonyl (C=O) groups excluding carboxylic acids is 1. The van der Waals surface area contributed by atoms with Gasteiger partial charge in [0, 0.05) is 34.1 Å². The zero-order chi connectivity index (χ0) is 20.9. The third-order valence-electron chi connectivity index (χ3n) is 4.80. The summed E-state index contributed by atoms with van der Waals surface area (Å²) in [6.07, 6.45) is 0. The molecule has 1 amide bonds. The second-order valence-corrected chi connectivity index (χ2v) is 7.22. The fourth-order valence-electron chi connectivity index (χ4n) is 3.29. The molecular formula is C25H21ClN2O2. The van der Waals surface area contributed by atoms with Crippen molar-refractivity contribution >= 4 is 28.4 Å². The largest absolute Gasteiger partial charge is 0.493 e. The number of halogens is 1. The summed E-state index contributed by atoms with van der Waals surface area (Å²) in [5.74, 6) is 0.536. The molecule has 0 saturated heterocycles. The molecular weight excluding hydrogens is 396 g/mol. The van der Waals surface area contributed by atoms with E-state index in [9.17, 15) is 4.79 Å². The number of ether oxygens (including phenoxy) is 1. The summed E-state index contributed by atoms with van der Waals surface area (Å²) in [5.41, 5.74) is 4.05. The van der Waals surface area contributed by atoms with Gasteiger partial charge in [-0.15, -0.1) is 0 Å². The first-order valence-corrected chi connectivity index (χ1v) is 10.2. The SMILES string of the molecule is CCOc1cc(-c2ccccc2)nc2ccc(C(=O)NCc3ccccc3Cl)cc12. The Morgan fingerprint density at radius 2 is 1.77 bits per heavy atom. The molecule has 0 unspecified atom stereocenters. The molecule has 1 heterocycles. The number of fused-ring (bicyclic) bond motifs is 1. The number of nitrogens with one attached hydrogen (secondary N) is 1. The molecule has 0 saturated carbocycles. The van der Waals surface area contributed by atoms with Crippen LogP contribution >= 0.6 is 11.6 Å². The first-order valence-electron chi connectivity index (χ1n) is 9.80. The van der Waals surface area contributed by atoms with E-state index in [4.69, 9.17) is 21.3 Å². The molecule has 5 heteroatoms. The smallest absolute Gasteiger partial charge is 0.251 e. The number of carbonyl (C=O) groups is 1. The fraction of sp³-hybridized carbons (Fsp3) is 0.120. The minimum absolute atomic E-state index is 0.175. The second kappa shape index (κ2) is 8.97. The van der Waals surface area contributed by atoms with Gasteiger partial charge in [0.2, 0.25) is 0 Å². The molecule has 30 heavy (non-hydrogen) atoms. The van der Waals surface area contributed by atoms with Crippen molar-refractivity contribution in [3.05, 3.63) is 95.0 Å². The Morgan fingerprint density at radius 3 is 2.53 bits per heavy atom. The summed E-state index contributed by atoms with van der Waals surface area (Å²) in [7, 11) is 0. The van der Waals surface area contributed by atoms with Crippen LogP contribution in [0.2, 0.25) is 5.02 Å². The van der Waals surface area contributed by atoms with Crippen molar-refractivity contribution in [2.45, 2.75) is 13.5 Å². The minimum atomic E-state index is -0.175. The topological polar surface area (TPSA) is 51.2 Å². The molecule has 0 aliphatic heterocycles. The number of aromatic nitrogens is 1.